The molecule has 6 nitrogen and oxygen atoms in total. The molecule has 0 radical (unpaired) electrons. The molecule has 2 aliphatic heterocycles. The van der Waals surface area contributed by atoms with E-state index in [4.69, 9.17) is 0 Å². The second-order valence-electron chi connectivity index (χ2n) is 7.62. The van der Waals surface area contributed by atoms with Crippen molar-refractivity contribution in [3.8, 4) is 0 Å². The van der Waals surface area contributed by atoms with Crippen LogP contribution in [0.3, 0.4) is 0 Å². The highest BCUT2D eigenvalue weighted by Crippen LogP contribution is 2.36. The van der Waals surface area contributed by atoms with E-state index < -0.39 is 5.54 Å². The highest BCUT2D eigenvalue weighted by Gasteiger charge is 2.54. The highest BCUT2D eigenvalue weighted by molar-refractivity contribution is 6.07. The zero-order chi connectivity index (χ0) is 17.0. The molecule has 2 fully saturated rings. The first-order valence-corrected chi connectivity index (χ1v) is 8.86. The minimum atomic E-state index is -0.685. The molecule has 132 valence electrons. The number of piperidine rings is 1. The second-order valence-corrected chi connectivity index (χ2v) is 7.62. The highest BCUT2D eigenvalue weighted by atomic mass is 16.2. The van der Waals surface area contributed by atoms with Crippen LogP contribution >= 0.6 is 0 Å². The Labute approximate surface area is 140 Å². The van der Waals surface area contributed by atoms with Crippen LogP contribution in [-0.2, 0) is 4.79 Å². The molecule has 1 unspecified atom stereocenters. The number of urea groups is 1. The minimum absolute atomic E-state index is 0.00287. The number of rotatable bonds is 7. The lowest BCUT2D eigenvalue weighted by atomic mass is 9.74. The molecule has 6 heteroatoms. The van der Waals surface area contributed by atoms with E-state index in [1.807, 2.05) is 19.0 Å². The SMILES string of the molecule is CC(C)CCC1(C2CCNCC2)NC(=O)N(CCN(C)C)C1=O. The van der Waals surface area contributed by atoms with Crippen molar-refractivity contribution in [3.05, 3.63) is 0 Å². The van der Waals surface area contributed by atoms with Crippen molar-refractivity contribution in [2.45, 2.75) is 45.1 Å². The van der Waals surface area contributed by atoms with Crippen LogP contribution in [0.5, 0.6) is 0 Å². The van der Waals surface area contributed by atoms with E-state index in [1.165, 1.54) is 4.90 Å². The monoisotopic (exact) mass is 324 g/mol. The molecule has 2 N–H and O–H groups in total. The topological polar surface area (TPSA) is 64.7 Å². The third-order valence-electron chi connectivity index (χ3n) is 5.12. The van der Waals surface area contributed by atoms with E-state index in [1.54, 1.807) is 0 Å². The Kier molecular flexibility index (Phi) is 6.03. The number of imide groups is 1. The van der Waals surface area contributed by atoms with E-state index in [0.717, 1.165) is 38.8 Å². The smallest absolute Gasteiger partial charge is 0.323 e. The summed E-state index contributed by atoms with van der Waals surface area (Å²) >= 11 is 0. The van der Waals surface area contributed by atoms with E-state index >= 15 is 0 Å². The van der Waals surface area contributed by atoms with Crippen LogP contribution < -0.4 is 10.6 Å². The van der Waals surface area contributed by atoms with Crippen molar-refractivity contribution in [2.24, 2.45) is 11.8 Å². The Morgan fingerprint density at radius 2 is 1.91 bits per heavy atom. The maximum Gasteiger partial charge on any atom is 0.325 e. The van der Waals surface area contributed by atoms with Gasteiger partial charge in [-0.1, -0.05) is 13.8 Å². The first-order valence-electron chi connectivity index (χ1n) is 8.86. The molecule has 1 atom stereocenters. The van der Waals surface area contributed by atoms with Gasteiger partial charge in [-0.15, -0.1) is 0 Å². The number of carbonyl (C=O) groups excluding carboxylic acids is 2. The lowest BCUT2D eigenvalue weighted by Gasteiger charge is -2.38. The van der Waals surface area contributed by atoms with Gasteiger partial charge in [0.05, 0.1) is 0 Å². The molecule has 0 spiro atoms. The molecule has 0 aromatic rings. The second kappa shape index (κ2) is 7.62. The fourth-order valence-corrected chi connectivity index (χ4v) is 3.63. The fraction of sp³-hybridized carbons (Fsp3) is 0.882. The van der Waals surface area contributed by atoms with Gasteiger partial charge >= 0.3 is 6.03 Å². The quantitative estimate of drug-likeness (QED) is 0.692. The average molecular weight is 324 g/mol. The third kappa shape index (κ3) is 4.04. The Bertz CT molecular complexity index is 432. The zero-order valence-corrected chi connectivity index (χ0v) is 15.0. The molecule has 0 saturated carbocycles. The molecule has 0 aromatic heterocycles. The molecule has 23 heavy (non-hydrogen) atoms. The normalized spacial score (nSPS) is 26.4. The minimum Gasteiger partial charge on any atom is -0.323 e. The van der Waals surface area contributed by atoms with E-state index in [2.05, 4.69) is 24.5 Å². The zero-order valence-electron chi connectivity index (χ0n) is 15.0. The van der Waals surface area contributed by atoms with Gasteiger partial charge in [-0.3, -0.25) is 9.69 Å². The van der Waals surface area contributed by atoms with Gasteiger partial charge in [-0.2, -0.15) is 0 Å². The van der Waals surface area contributed by atoms with Gasteiger partial charge in [0.15, 0.2) is 0 Å². The van der Waals surface area contributed by atoms with Crippen LogP contribution in [0.2, 0.25) is 0 Å². The van der Waals surface area contributed by atoms with Crippen LogP contribution in [0.1, 0.15) is 39.5 Å². The maximum absolute atomic E-state index is 13.2. The van der Waals surface area contributed by atoms with Gasteiger partial charge in [0, 0.05) is 13.1 Å². The van der Waals surface area contributed by atoms with Crippen LogP contribution in [0.4, 0.5) is 4.79 Å². The van der Waals surface area contributed by atoms with Crippen molar-refractivity contribution in [3.63, 3.8) is 0 Å². The van der Waals surface area contributed by atoms with Crippen molar-refractivity contribution >= 4 is 11.9 Å². The predicted octanol–water partition coefficient (Wildman–Crippen LogP) is 1.27. The van der Waals surface area contributed by atoms with Crippen molar-refractivity contribution in [2.75, 3.05) is 40.3 Å². The lowest BCUT2D eigenvalue weighted by molar-refractivity contribution is -0.134. The van der Waals surface area contributed by atoms with Gasteiger partial charge in [0.25, 0.3) is 5.91 Å². The maximum atomic E-state index is 13.2. The molecular weight excluding hydrogens is 292 g/mol. The molecular formula is C17H32N4O2. The molecule has 2 rings (SSSR count). The predicted molar refractivity (Wildman–Crippen MR) is 91.2 cm³/mol. The summed E-state index contributed by atoms with van der Waals surface area (Å²) in [6.07, 6.45) is 3.60. The third-order valence-corrected chi connectivity index (χ3v) is 5.12. The molecule has 0 aromatic carbocycles. The summed E-state index contributed by atoms with van der Waals surface area (Å²) in [5, 5.41) is 6.46. The number of likely N-dealkylation sites (N-methyl/N-ethyl adjacent to an activating group) is 1. The Morgan fingerprint density at radius 3 is 2.48 bits per heavy atom. The van der Waals surface area contributed by atoms with Gasteiger partial charge in [0.2, 0.25) is 0 Å². The Morgan fingerprint density at radius 1 is 1.26 bits per heavy atom. The van der Waals surface area contributed by atoms with E-state index in [9.17, 15) is 9.59 Å². The van der Waals surface area contributed by atoms with Gasteiger partial charge in [0.1, 0.15) is 5.54 Å². The van der Waals surface area contributed by atoms with Crippen LogP contribution in [-0.4, -0.2) is 67.6 Å². The number of nitrogens with zero attached hydrogens (tertiary/aromatic N) is 2. The summed E-state index contributed by atoms with van der Waals surface area (Å²) in [7, 11) is 3.91. The molecule has 2 saturated heterocycles. The number of hydrogen-bond donors (Lipinski definition) is 2. The Balaban J connectivity index is 2.19. The number of hydrogen-bond acceptors (Lipinski definition) is 4. The number of amides is 3. The first kappa shape index (κ1) is 18.2. The largest absolute Gasteiger partial charge is 0.325 e. The Hall–Kier alpha value is -1.14. The van der Waals surface area contributed by atoms with Crippen molar-refractivity contribution in [1.29, 1.82) is 0 Å². The number of nitrogens with one attached hydrogen (secondary N) is 2. The van der Waals surface area contributed by atoms with Gasteiger partial charge in [-0.25, -0.2) is 4.79 Å². The summed E-state index contributed by atoms with van der Waals surface area (Å²) in [5.41, 5.74) is -0.685. The van der Waals surface area contributed by atoms with Gasteiger partial charge in [-0.05, 0) is 64.7 Å². The summed E-state index contributed by atoms with van der Waals surface area (Å²) in [6.45, 7) is 7.35. The van der Waals surface area contributed by atoms with E-state index in [-0.39, 0.29) is 17.9 Å². The molecule has 3 amide bonds. The van der Waals surface area contributed by atoms with Crippen molar-refractivity contribution in [1.82, 2.24) is 20.4 Å². The standard InChI is InChI=1S/C17H32N4O2/c1-13(2)5-8-17(14-6-9-18-10-7-14)15(22)21(16(23)19-17)12-11-20(3)4/h13-14,18H,5-12H2,1-4H3,(H,19,23). The lowest BCUT2D eigenvalue weighted by Crippen LogP contribution is -2.56. The first-order chi connectivity index (χ1) is 10.9. The fourth-order valence-electron chi connectivity index (χ4n) is 3.63. The van der Waals surface area contributed by atoms with E-state index in [0.29, 0.717) is 19.0 Å². The average Bonchev–Trinajstić information content (AvgIpc) is 2.75. The van der Waals surface area contributed by atoms with Crippen LogP contribution in [0.15, 0.2) is 0 Å². The molecule has 0 aliphatic carbocycles. The molecule has 2 heterocycles. The van der Waals surface area contributed by atoms with Crippen molar-refractivity contribution < 1.29 is 9.59 Å². The van der Waals surface area contributed by atoms with Crippen LogP contribution in [0, 0.1) is 11.8 Å². The summed E-state index contributed by atoms with van der Waals surface area (Å²) in [4.78, 5) is 29.1. The molecule has 0 bridgehead atoms. The molecule has 2 aliphatic rings. The summed E-state index contributed by atoms with van der Waals surface area (Å²) < 4.78 is 0. The summed E-state index contributed by atoms with van der Waals surface area (Å²) in [6, 6.07) is -0.209. The van der Waals surface area contributed by atoms with Gasteiger partial charge < -0.3 is 15.5 Å². The summed E-state index contributed by atoms with van der Waals surface area (Å²) in [5.74, 6) is 0.759. The van der Waals surface area contributed by atoms with Crippen LogP contribution in [0.25, 0.3) is 0 Å². The number of carbonyl (C=O) groups is 2.